The number of piperidine rings is 1. The average Bonchev–Trinajstić information content (AvgIpc) is 3.57. The molecule has 3 aromatic heterocycles. The number of nitrogens with one attached hydrogen (secondary N) is 3. The highest BCUT2D eigenvalue weighted by molar-refractivity contribution is 7.90. The monoisotopic (exact) mass is 648 g/mol. The minimum atomic E-state index is -3.01. The second kappa shape index (κ2) is 12.8. The molecule has 5 N–H and O–H groups in total. The number of pyridine rings is 1. The van der Waals surface area contributed by atoms with E-state index in [4.69, 9.17) is 9.72 Å². The molecule has 0 spiro atoms. The van der Waals surface area contributed by atoms with Gasteiger partial charge in [0.05, 0.1) is 22.5 Å². The van der Waals surface area contributed by atoms with Crippen LogP contribution < -0.4 is 15.6 Å². The molecular formula is C33H40N6O6S. The third kappa shape index (κ3) is 6.91. The predicted octanol–water partition coefficient (Wildman–Crippen LogP) is 3.73. The van der Waals surface area contributed by atoms with E-state index in [1.165, 1.54) is 12.5 Å². The summed E-state index contributed by atoms with van der Waals surface area (Å²) >= 11 is 0. The standard InChI is InChI=1S/C33H40N6O6S/c1-20-4-5-29(21(2)14-20)45-19-24(40)17-35-26-6-9-34-32(41)30(26)31-36-27-15-22-18-39(33(42)25(22)16-28(27)37-31)23-7-10-38(11-8-23)12-13-46(3,43)44/h4-6,9,14-16,18,23-24,40,42H,7-8,10-13,17,19H2,1-3H3,(H,36,37)(H2,34,35,41)/t24-/m1/s1. The number of aromatic nitrogens is 4. The van der Waals surface area contributed by atoms with Gasteiger partial charge < -0.3 is 39.7 Å². The van der Waals surface area contributed by atoms with E-state index in [0.717, 1.165) is 42.4 Å². The summed E-state index contributed by atoms with van der Waals surface area (Å²) in [4.78, 5) is 25.8. The number of sulfone groups is 1. The molecule has 244 valence electrons. The number of hydrogen-bond donors (Lipinski definition) is 5. The number of H-pyrrole nitrogens is 2. The molecule has 1 fully saturated rings. The molecule has 0 amide bonds. The Morgan fingerprint density at radius 2 is 1.93 bits per heavy atom. The number of aliphatic hydroxyl groups is 1. The van der Waals surface area contributed by atoms with Gasteiger partial charge in [0.25, 0.3) is 5.56 Å². The molecule has 0 saturated carbocycles. The first-order chi connectivity index (χ1) is 21.9. The Morgan fingerprint density at radius 3 is 2.67 bits per heavy atom. The van der Waals surface area contributed by atoms with Crippen LogP contribution in [0.3, 0.4) is 0 Å². The molecule has 1 atom stereocenters. The van der Waals surface area contributed by atoms with Crippen LogP contribution in [0.5, 0.6) is 11.6 Å². The fourth-order valence-corrected chi connectivity index (χ4v) is 6.72. The first-order valence-corrected chi connectivity index (χ1v) is 17.5. The number of hydrogen-bond acceptors (Lipinski definition) is 9. The summed E-state index contributed by atoms with van der Waals surface area (Å²) in [7, 11) is -3.01. The van der Waals surface area contributed by atoms with Crippen LogP contribution in [0.1, 0.15) is 30.0 Å². The van der Waals surface area contributed by atoms with Crippen LogP contribution in [0, 0.1) is 13.8 Å². The molecule has 1 saturated heterocycles. The van der Waals surface area contributed by atoms with Crippen LogP contribution >= 0.6 is 0 Å². The molecule has 0 radical (unpaired) electrons. The predicted molar refractivity (Wildman–Crippen MR) is 180 cm³/mol. The van der Waals surface area contributed by atoms with E-state index in [1.807, 2.05) is 54.9 Å². The second-order valence-corrected chi connectivity index (χ2v) is 14.6. The van der Waals surface area contributed by atoms with Crippen LogP contribution in [0.4, 0.5) is 5.69 Å². The maximum Gasteiger partial charge on any atom is 0.261 e. The van der Waals surface area contributed by atoms with Crippen molar-refractivity contribution in [3.8, 4) is 23.0 Å². The smallest absolute Gasteiger partial charge is 0.261 e. The molecule has 46 heavy (non-hydrogen) atoms. The molecule has 0 aliphatic carbocycles. The van der Waals surface area contributed by atoms with E-state index in [1.54, 1.807) is 6.07 Å². The van der Waals surface area contributed by atoms with Crippen LogP contribution in [-0.4, -0.2) is 93.9 Å². The van der Waals surface area contributed by atoms with Crippen molar-refractivity contribution in [1.82, 2.24) is 24.4 Å². The number of ether oxygens (including phenoxy) is 1. The van der Waals surface area contributed by atoms with Gasteiger partial charge in [0.15, 0.2) is 5.88 Å². The number of aromatic amines is 2. The third-order valence-corrected chi connectivity index (χ3v) is 9.56. The zero-order valence-corrected chi connectivity index (χ0v) is 27.0. The van der Waals surface area contributed by atoms with Crippen LogP contribution in [-0.2, 0) is 9.84 Å². The zero-order valence-electron chi connectivity index (χ0n) is 26.2. The normalized spacial score (nSPS) is 15.5. The van der Waals surface area contributed by atoms with Crippen molar-refractivity contribution in [2.75, 3.05) is 50.1 Å². The number of aromatic hydroxyl groups is 1. The summed E-state index contributed by atoms with van der Waals surface area (Å²) in [5.41, 5.74) is 3.92. The molecule has 5 aromatic rings. The van der Waals surface area contributed by atoms with Crippen molar-refractivity contribution in [1.29, 1.82) is 0 Å². The summed E-state index contributed by atoms with van der Waals surface area (Å²) in [6.45, 7) is 6.26. The summed E-state index contributed by atoms with van der Waals surface area (Å²) in [6, 6.07) is 11.4. The number of fused-ring (bicyclic) bond motifs is 2. The Kier molecular flexibility index (Phi) is 8.82. The number of aliphatic hydroxyl groups excluding tert-OH is 1. The number of imidazole rings is 1. The molecule has 13 heteroatoms. The van der Waals surface area contributed by atoms with Gasteiger partial charge in [-0.05, 0) is 56.5 Å². The maximum atomic E-state index is 13.0. The molecule has 0 bridgehead atoms. The lowest BCUT2D eigenvalue weighted by molar-refractivity contribution is 0.117. The second-order valence-electron chi connectivity index (χ2n) is 12.3. The Balaban J connectivity index is 1.16. The minimum absolute atomic E-state index is 0.0847. The molecule has 6 rings (SSSR count). The first kappa shape index (κ1) is 31.6. The summed E-state index contributed by atoms with van der Waals surface area (Å²) in [5.74, 6) is 1.39. The van der Waals surface area contributed by atoms with Gasteiger partial charge >= 0.3 is 0 Å². The van der Waals surface area contributed by atoms with Crippen molar-refractivity contribution < 1.29 is 23.4 Å². The highest BCUT2D eigenvalue weighted by Gasteiger charge is 2.24. The molecule has 0 unspecified atom stereocenters. The van der Waals surface area contributed by atoms with Gasteiger partial charge in [-0.3, -0.25) is 4.79 Å². The van der Waals surface area contributed by atoms with E-state index in [2.05, 4.69) is 20.2 Å². The highest BCUT2D eigenvalue weighted by atomic mass is 32.2. The van der Waals surface area contributed by atoms with Gasteiger partial charge in [0, 0.05) is 61.6 Å². The number of benzene rings is 2. The summed E-state index contributed by atoms with van der Waals surface area (Å²) in [5, 5.41) is 26.5. The first-order valence-electron chi connectivity index (χ1n) is 15.4. The largest absolute Gasteiger partial charge is 0.494 e. The van der Waals surface area contributed by atoms with Crippen LogP contribution in [0.2, 0.25) is 0 Å². The van der Waals surface area contributed by atoms with E-state index in [-0.39, 0.29) is 36.4 Å². The van der Waals surface area contributed by atoms with Crippen molar-refractivity contribution in [2.24, 2.45) is 0 Å². The van der Waals surface area contributed by atoms with Crippen LogP contribution in [0.25, 0.3) is 33.2 Å². The number of anilines is 1. The van der Waals surface area contributed by atoms with E-state index in [9.17, 15) is 23.4 Å². The molecule has 1 aliphatic rings. The SMILES string of the molecule is Cc1ccc(OC[C@H](O)CNc2cc[nH]c(=O)c2-c2nc3cc4c(O)n(C5CCN(CCS(C)(=O)=O)CC5)cc4cc3[nH]2)c(C)c1. The Labute approximate surface area is 267 Å². The molecular weight excluding hydrogens is 608 g/mol. The van der Waals surface area contributed by atoms with Gasteiger partial charge in [-0.15, -0.1) is 0 Å². The Hall–Kier alpha value is -4.33. The van der Waals surface area contributed by atoms with E-state index in [0.29, 0.717) is 45.8 Å². The number of rotatable bonds is 11. The topological polar surface area (TPSA) is 166 Å². The lowest BCUT2D eigenvalue weighted by atomic mass is 10.1. The van der Waals surface area contributed by atoms with Crippen molar-refractivity contribution in [2.45, 2.75) is 38.8 Å². The minimum Gasteiger partial charge on any atom is -0.494 e. The van der Waals surface area contributed by atoms with E-state index >= 15 is 0 Å². The Bertz CT molecular complexity index is 2040. The number of aryl methyl sites for hydroxylation is 2. The summed E-state index contributed by atoms with van der Waals surface area (Å²) < 4.78 is 30.8. The number of likely N-dealkylation sites (tertiary alicyclic amines) is 1. The lowest BCUT2D eigenvalue weighted by Crippen LogP contribution is -2.37. The van der Waals surface area contributed by atoms with Crippen LogP contribution in [0.15, 0.2) is 53.6 Å². The van der Waals surface area contributed by atoms with Gasteiger partial charge in [-0.25, -0.2) is 13.4 Å². The molecule has 2 aromatic carbocycles. The van der Waals surface area contributed by atoms with Crippen molar-refractivity contribution in [3.63, 3.8) is 0 Å². The fraction of sp³-hybridized carbons (Fsp3) is 0.394. The van der Waals surface area contributed by atoms with Crippen molar-refractivity contribution >= 4 is 37.3 Å². The van der Waals surface area contributed by atoms with Gasteiger partial charge in [-0.2, -0.15) is 0 Å². The number of nitrogens with zero attached hydrogens (tertiary/aromatic N) is 3. The maximum absolute atomic E-state index is 13.0. The third-order valence-electron chi connectivity index (χ3n) is 8.63. The van der Waals surface area contributed by atoms with Gasteiger partial charge in [-0.1, -0.05) is 17.7 Å². The average molecular weight is 649 g/mol. The summed E-state index contributed by atoms with van der Waals surface area (Å²) in [6.07, 6.45) is 5.51. The fourth-order valence-electron chi connectivity index (χ4n) is 6.13. The quantitative estimate of drug-likeness (QED) is 0.144. The molecule has 4 heterocycles. The van der Waals surface area contributed by atoms with E-state index < -0.39 is 15.9 Å². The lowest BCUT2D eigenvalue weighted by Gasteiger charge is -2.32. The molecule has 12 nitrogen and oxygen atoms in total. The molecule has 1 aliphatic heterocycles. The Morgan fingerprint density at radius 1 is 1.15 bits per heavy atom. The van der Waals surface area contributed by atoms with Gasteiger partial charge in [0.1, 0.15) is 39.7 Å². The van der Waals surface area contributed by atoms with Gasteiger partial charge in [0.2, 0.25) is 0 Å². The zero-order chi connectivity index (χ0) is 32.6. The highest BCUT2D eigenvalue weighted by Crippen LogP contribution is 2.36. The van der Waals surface area contributed by atoms with Crippen molar-refractivity contribution in [3.05, 3.63) is 70.3 Å².